The van der Waals surface area contributed by atoms with Gasteiger partial charge in [0.2, 0.25) is 0 Å². The van der Waals surface area contributed by atoms with Crippen LogP contribution < -0.4 is 0 Å². The number of rotatable bonds is 16. The highest BCUT2D eigenvalue weighted by atomic mass is 16.4. The number of aliphatic carboxylic acids is 1. The summed E-state index contributed by atoms with van der Waals surface area (Å²) in [6.45, 7) is 3.80. The third-order valence-electron chi connectivity index (χ3n) is 4.50. The summed E-state index contributed by atoms with van der Waals surface area (Å²) >= 11 is 0. The smallest absolute Gasteiger partial charge is 0.303 e. The number of aliphatic hydroxyl groups excluding tert-OH is 1. The van der Waals surface area contributed by atoms with Crippen LogP contribution >= 0.6 is 0 Å². The Balaban J connectivity index is 3.70. The topological polar surface area (TPSA) is 74.6 Å². The number of ketones is 1. The van der Waals surface area contributed by atoms with Gasteiger partial charge in [-0.05, 0) is 39.0 Å². The zero-order valence-corrected chi connectivity index (χ0v) is 15.1. The molecule has 2 N–H and O–H groups in total. The third kappa shape index (κ3) is 14.4. The van der Waals surface area contributed by atoms with Crippen molar-refractivity contribution in [2.24, 2.45) is 5.92 Å². The number of carbonyl (C=O) groups excluding carboxylic acids is 1. The molecular formula is C19H36O4. The number of hydrogen-bond acceptors (Lipinski definition) is 3. The summed E-state index contributed by atoms with van der Waals surface area (Å²) in [5, 5.41) is 18.4. The lowest BCUT2D eigenvalue weighted by atomic mass is 9.91. The van der Waals surface area contributed by atoms with Gasteiger partial charge in [0.25, 0.3) is 0 Å². The van der Waals surface area contributed by atoms with Crippen molar-refractivity contribution in [2.45, 2.75) is 103 Å². The first kappa shape index (κ1) is 22.1. The second-order valence-electron chi connectivity index (χ2n) is 6.73. The summed E-state index contributed by atoms with van der Waals surface area (Å²) in [4.78, 5) is 22.1. The Morgan fingerprint density at radius 1 is 0.826 bits per heavy atom. The molecule has 0 aliphatic carbocycles. The molecule has 0 aliphatic rings. The van der Waals surface area contributed by atoms with Gasteiger partial charge in [-0.2, -0.15) is 0 Å². The predicted molar refractivity (Wildman–Crippen MR) is 93.5 cm³/mol. The van der Waals surface area contributed by atoms with Crippen LogP contribution in [-0.4, -0.2) is 28.1 Å². The molecule has 0 aromatic carbocycles. The number of aliphatic hydroxyl groups is 1. The van der Waals surface area contributed by atoms with Crippen LogP contribution in [0.15, 0.2) is 0 Å². The molecule has 0 unspecified atom stereocenters. The molecule has 0 aromatic rings. The van der Waals surface area contributed by atoms with Gasteiger partial charge in [-0.1, -0.05) is 51.9 Å². The van der Waals surface area contributed by atoms with Gasteiger partial charge in [0, 0.05) is 12.3 Å². The van der Waals surface area contributed by atoms with E-state index in [9.17, 15) is 14.7 Å². The van der Waals surface area contributed by atoms with Gasteiger partial charge < -0.3 is 10.2 Å². The summed E-state index contributed by atoms with van der Waals surface area (Å²) in [7, 11) is 0. The normalized spacial score (nSPS) is 13.7. The van der Waals surface area contributed by atoms with Crippen LogP contribution in [0.1, 0.15) is 97.3 Å². The number of unbranched alkanes of at least 4 members (excludes halogenated alkanes) is 5. The Morgan fingerprint density at radius 2 is 1.35 bits per heavy atom. The van der Waals surface area contributed by atoms with Gasteiger partial charge >= 0.3 is 5.97 Å². The average molecular weight is 328 g/mol. The minimum absolute atomic E-state index is 0.141. The maximum absolute atomic E-state index is 11.7. The third-order valence-corrected chi connectivity index (χ3v) is 4.50. The standard InChI is InChI=1S/C19H36O4/c1-3-4-13-18(21)14-10-9-12-17(16(2)20)11-7-5-6-8-15-19(22)23/h17-18,21H,3-15H2,1-2H3,(H,22,23)/t17-,18+/m0/s1. The number of Topliss-reactive ketones (excluding diaryl/α,β-unsaturated/α-hetero) is 1. The highest BCUT2D eigenvalue weighted by Crippen LogP contribution is 2.20. The van der Waals surface area contributed by atoms with Crippen molar-refractivity contribution in [1.29, 1.82) is 0 Å². The maximum atomic E-state index is 11.7. The minimum Gasteiger partial charge on any atom is -0.481 e. The van der Waals surface area contributed by atoms with Gasteiger partial charge in [-0.15, -0.1) is 0 Å². The van der Waals surface area contributed by atoms with Crippen LogP contribution in [-0.2, 0) is 9.59 Å². The molecule has 0 spiro atoms. The molecule has 0 saturated heterocycles. The van der Waals surface area contributed by atoms with E-state index < -0.39 is 5.97 Å². The Kier molecular flexibility index (Phi) is 14.1. The average Bonchev–Trinajstić information content (AvgIpc) is 2.49. The van der Waals surface area contributed by atoms with Crippen molar-refractivity contribution in [3.63, 3.8) is 0 Å². The van der Waals surface area contributed by atoms with Crippen LogP contribution in [0.2, 0.25) is 0 Å². The van der Waals surface area contributed by atoms with E-state index in [1.165, 1.54) is 0 Å². The van der Waals surface area contributed by atoms with Crippen molar-refractivity contribution < 1.29 is 19.8 Å². The fourth-order valence-electron chi connectivity index (χ4n) is 2.93. The molecule has 0 fully saturated rings. The fourth-order valence-corrected chi connectivity index (χ4v) is 2.93. The van der Waals surface area contributed by atoms with Gasteiger partial charge in [-0.25, -0.2) is 0 Å². The second kappa shape index (κ2) is 14.7. The molecule has 4 heteroatoms. The first-order valence-corrected chi connectivity index (χ1v) is 9.37. The lowest BCUT2D eigenvalue weighted by Crippen LogP contribution is -2.12. The lowest BCUT2D eigenvalue weighted by molar-refractivity contribution is -0.137. The highest BCUT2D eigenvalue weighted by Gasteiger charge is 2.14. The lowest BCUT2D eigenvalue weighted by Gasteiger charge is -2.14. The molecule has 136 valence electrons. The molecule has 0 aliphatic heterocycles. The second-order valence-corrected chi connectivity index (χ2v) is 6.73. The minimum atomic E-state index is -0.729. The molecule has 0 rings (SSSR count). The number of carboxylic acids is 1. The molecule has 2 atom stereocenters. The molecule has 0 bridgehead atoms. The summed E-state index contributed by atoms with van der Waals surface area (Å²) < 4.78 is 0. The van der Waals surface area contributed by atoms with Crippen LogP contribution in [0.3, 0.4) is 0 Å². The van der Waals surface area contributed by atoms with Crippen molar-refractivity contribution in [3.8, 4) is 0 Å². The van der Waals surface area contributed by atoms with Crippen LogP contribution in [0.4, 0.5) is 0 Å². The Morgan fingerprint density at radius 3 is 1.91 bits per heavy atom. The van der Waals surface area contributed by atoms with E-state index in [2.05, 4.69) is 6.92 Å². The van der Waals surface area contributed by atoms with Crippen molar-refractivity contribution >= 4 is 11.8 Å². The van der Waals surface area contributed by atoms with Crippen molar-refractivity contribution in [1.82, 2.24) is 0 Å². The SMILES string of the molecule is CCCC[C@@H](O)CCCC[C@H](CCCCCCC(=O)O)C(C)=O. The summed E-state index contributed by atoms with van der Waals surface area (Å²) in [6.07, 6.45) is 11.5. The Hall–Kier alpha value is -0.900. The molecule has 4 nitrogen and oxygen atoms in total. The van der Waals surface area contributed by atoms with Gasteiger partial charge in [0.15, 0.2) is 0 Å². The monoisotopic (exact) mass is 328 g/mol. The van der Waals surface area contributed by atoms with E-state index >= 15 is 0 Å². The summed E-state index contributed by atoms with van der Waals surface area (Å²) in [6, 6.07) is 0. The van der Waals surface area contributed by atoms with E-state index in [-0.39, 0.29) is 24.2 Å². The number of carbonyl (C=O) groups is 2. The first-order chi connectivity index (χ1) is 11.0. The molecule has 0 saturated carbocycles. The van der Waals surface area contributed by atoms with E-state index in [1.54, 1.807) is 6.92 Å². The van der Waals surface area contributed by atoms with E-state index in [0.29, 0.717) is 0 Å². The first-order valence-electron chi connectivity index (χ1n) is 9.37. The largest absolute Gasteiger partial charge is 0.481 e. The zero-order chi connectivity index (χ0) is 17.5. The van der Waals surface area contributed by atoms with E-state index in [4.69, 9.17) is 5.11 Å². The summed E-state index contributed by atoms with van der Waals surface area (Å²) in [5.41, 5.74) is 0. The predicted octanol–water partition coefficient (Wildman–Crippen LogP) is 4.73. The zero-order valence-electron chi connectivity index (χ0n) is 15.1. The quantitative estimate of drug-likeness (QED) is 0.402. The van der Waals surface area contributed by atoms with Gasteiger partial charge in [-0.3, -0.25) is 9.59 Å². The van der Waals surface area contributed by atoms with Crippen LogP contribution in [0.5, 0.6) is 0 Å². The molecule has 0 radical (unpaired) electrons. The van der Waals surface area contributed by atoms with Gasteiger partial charge in [0.1, 0.15) is 5.78 Å². The Bertz CT molecular complexity index is 314. The Labute approximate surface area is 141 Å². The van der Waals surface area contributed by atoms with Crippen LogP contribution in [0, 0.1) is 5.92 Å². The molecule has 0 amide bonds. The molecule has 0 heterocycles. The molecular weight excluding hydrogens is 292 g/mol. The van der Waals surface area contributed by atoms with E-state index in [0.717, 1.165) is 77.0 Å². The molecule has 23 heavy (non-hydrogen) atoms. The number of hydrogen-bond donors (Lipinski definition) is 2. The fraction of sp³-hybridized carbons (Fsp3) is 0.895. The van der Waals surface area contributed by atoms with Gasteiger partial charge in [0.05, 0.1) is 6.10 Å². The van der Waals surface area contributed by atoms with E-state index in [1.807, 2.05) is 0 Å². The molecule has 0 aromatic heterocycles. The van der Waals surface area contributed by atoms with Crippen LogP contribution in [0.25, 0.3) is 0 Å². The maximum Gasteiger partial charge on any atom is 0.303 e. The summed E-state index contributed by atoms with van der Waals surface area (Å²) in [5.74, 6) is -0.322. The van der Waals surface area contributed by atoms with Crippen molar-refractivity contribution in [2.75, 3.05) is 0 Å². The highest BCUT2D eigenvalue weighted by molar-refractivity contribution is 5.78. The number of carboxylic acid groups (broad SMARTS) is 1. The van der Waals surface area contributed by atoms with Crippen molar-refractivity contribution in [3.05, 3.63) is 0 Å².